The molecule has 1 unspecified atom stereocenters. The van der Waals surface area contributed by atoms with E-state index < -0.39 is 0 Å². The fourth-order valence-electron chi connectivity index (χ4n) is 5.21. The molecule has 0 amide bonds. The Hall–Kier alpha value is -1.83. The van der Waals surface area contributed by atoms with Crippen LogP contribution >= 0.6 is 24.0 Å². The predicted molar refractivity (Wildman–Crippen MR) is 195 cm³/mol. The number of aryl methyl sites for hydroxylation is 1. The molecule has 2 heterocycles. The zero-order valence-corrected chi connectivity index (χ0v) is 32.6. The molecule has 0 aromatic heterocycles. The van der Waals surface area contributed by atoms with Crippen LogP contribution in [0, 0.1) is 25.5 Å². The third-order valence-electron chi connectivity index (χ3n) is 7.92. The molecule has 2 aliphatic heterocycles. The van der Waals surface area contributed by atoms with Gasteiger partial charge in [-0.25, -0.2) is 9.59 Å². The third-order valence-corrected chi connectivity index (χ3v) is 7.92. The van der Waals surface area contributed by atoms with Crippen molar-refractivity contribution in [1.82, 2.24) is 0 Å². The zero-order chi connectivity index (χ0) is 32.3. The number of carbonyl (C=O) groups excluding carboxylic acids is 2. The quantitative estimate of drug-likeness (QED) is 0.132. The molecule has 0 spiro atoms. The third kappa shape index (κ3) is 15.5. The van der Waals surface area contributed by atoms with Crippen LogP contribution < -0.4 is 0 Å². The molecule has 1 atom stereocenters. The molecule has 0 N–H and O–H groups in total. The van der Waals surface area contributed by atoms with Crippen LogP contribution in [0.5, 0.6) is 0 Å². The maximum Gasteiger partial charge on any atom is 2.00 e. The Kier molecular flexibility index (Phi) is 25.5. The van der Waals surface area contributed by atoms with E-state index >= 15 is 0 Å². The summed E-state index contributed by atoms with van der Waals surface area (Å²) < 4.78 is 9.14. The van der Waals surface area contributed by atoms with Crippen molar-refractivity contribution in [1.29, 1.82) is 0 Å². The number of halogens is 1. The van der Waals surface area contributed by atoms with Crippen molar-refractivity contribution in [2.75, 3.05) is 0 Å². The summed E-state index contributed by atoms with van der Waals surface area (Å²) in [4.78, 5) is 20.7. The Morgan fingerprint density at radius 1 is 0.800 bits per heavy atom. The maximum absolute atomic E-state index is 10.5. The van der Waals surface area contributed by atoms with Crippen molar-refractivity contribution in [2.24, 2.45) is 5.92 Å². The van der Waals surface area contributed by atoms with Crippen LogP contribution in [0.2, 0.25) is 0 Å². The Balaban J connectivity index is 0. The van der Waals surface area contributed by atoms with Crippen LogP contribution in [0.4, 0.5) is 0 Å². The first-order chi connectivity index (χ1) is 20.7. The van der Waals surface area contributed by atoms with E-state index in [-0.39, 0.29) is 66.0 Å². The molecule has 2 aliphatic carbocycles. The summed E-state index contributed by atoms with van der Waals surface area (Å²) in [5.74, 6) is 0.535. The molecule has 4 fully saturated rings. The summed E-state index contributed by atoms with van der Waals surface area (Å²) in [5, 5.41) is 0. The van der Waals surface area contributed by atoms with Gasteiger partial charge < -0.3 is 9.47 Å². The molecule has 6 rings (SSSR count). The Labute approximate surface area is 304 Å². The van der Waals surface area contributed by atoms with Gasteiger partial charge in [-0.05, 0) is 43.6 Å². The van der Waals surface area contributed by atoms with Gasteiger partial charge in [-0.2, -0.15) is 36.9 Å². The number of rotatable bonds is 2. The average Bonchev–Trinajstić information content (AvgIpc) is 3.56. The number of benzene rings is 2. The zero-order valence-electron chi connectivity index (χ0n) is 28.8. The molecule has 45 heavy (non-hydrogen) atoms. The van der Waals surface area contributed by atoms with Gasteiger partial charge in [0.25, 0.3) is 5.97 Å². The SMILES string of the molecule is C=C1CC(C)OC1=O.C=C1C[CH-]OC1=O.CC.CC.CC1CCC1.Cc1ccc(C2(c3cc[c-]cc3)CCCCC2)cc1.I.[V+2]. The van der Waals surface area contributed by atoms with Crippen molar-refractivity contribution in [2.45, 2.75) is 124 Å². The van der Waals surface area contributed by atoms with E-state index in [1.54, 1.807) is 0 Å². The van der Waals surface area contributed by atoms with Gasteiger partial charge in [-0.3, -0.25) is 0 Å². The molecule has 4 aliphatic rings. The van der Waals surface area contributed by atoms with E-state index in [0.29, 0.717) is 24.0 Å². The second-order valence-corrected chi connectivity index (χ2v) is 11.2. The van der Waals surface area contributed by atoms with Gasteiger partial charge in [0.05, 0.1) is 0 Å². The van der Waals surface area contributed by atoms with Gasteiger partial charge in [0.15, 0.2) is 0 Å². The normalized spacial score (nSPS) is 19.0. The van der Waals surface area contributed by atoms with Crippen molar-refractivity contribution in [3.05, 3.63) is 102 Å². The number of ether oxygens (including phenoxy) is 2. The molecule has 2 aromatic rings. The van der Waals surface area contributed by atoms with E-state index in [4.69, 9.17) is 4.74 Å². The van der Waals surface area contributed by atoms with Gasteiger partial charge in [-0.15, -0.1) is 36.0 Å². The number of esters is 2. The summed E-state index contributed by atoms with van der Waals surface area (Å²) in [6.45, 7) is 22.7. The Morgan fingerprint density at radius 2 is 1.31 bits per heavy atom. The van der Waals surface area contributed by atoms with E-state index in [0.717, 1.165) is 5.92 Å². The number of cyclic esters (lactones) is 2. The van der Waals surface area contributed by atoms with Crippen LogP contribution in [0.15, 0.2) is 72.8 Å². The maximum atomic E-state index is 10.5. The fourth-order valence-corrected chi connectivity index (χ4v) is 5.21. The van der Waals surface area contributed by atoms with Crippen LogP contribution in [0.25, 0.3) is 0 Å². The first-order valence-corrected chi connectivity index (χ1v) is 16.3. The molecule has 2 saturated carbocycles. The smallest absolute Gasteiger partial charge is 0.633 e. The summed E-state index contributed by atoms with van der Waals surface area (Å²) in [7, 11) is 0. The number of hydrogen-bond donors (Lipinski definition) is 0. The van der Waals surface area contributed by atoms with Crippen LogP contribution in [-0.2, 0) is 43.0 Å². The van der Waals surface area contributed by atoms with Crippen molar-refractivity contribution in [3.63, 3.8) is 0 Å². The predicted octanol–water partition coefficient (Wildman–Crippen LogP) is 11.0. The summed E-state index contributed by atoms with van der Waals surface area (Å²) >= 11 is 0. The van der Waals surface area contributed by atoms with Crippen LogP contribution in [0.3, 0.4) is 0 Å². The minimum absolute atomic E-state index is 0. The summed E-state index contributed by atoms with van der Waals surface area (Å²) in [5.41, 5.74) is 5.67. The summed E-state index contributed by atoms with van der Waals surface area (Å²) in [6, 6.07) is 20.9. The van der Waals surface area contributed by atoms with Crippen molar-refractivity contribution < 1.29 is 37.6 Å². The Morgan fingerprint density at radius 3 is 1.62 bits per heavy atom. The molecule has 249 valence electrons. The van der Waals surface area contributed by atoms with Gasteiger partial charge >= 0.3 is 24.5 Å². The Bertz CT molecular complexity index is 1070. The first kappa shape index (κ1) is 45.3. The second kappa shape index (κ2) is 25.3. The fraction of sp³-hybridized carbons (Fsp3) is 0.513. The van der Waals surface area contributed by atoms with Crippen molar-refractivity contribution in [3.8, 4) is 0 Å². The second-order valence-electron chi connectivity index (χ2n) is 11.2. The molecule has 6 heteroatoms. The molecule has 2 aromatic carbocycles. The van der Waals surface area contributed by atoms with Crippen LogP contribution in [-0.4, -0.2) is 18.0 Å². The van der Waals surface area contributed by atoms with Crippen molar-refractivity contribution >= 4 is 35.9 Å². The average molecular weight is 768 g/mol. The monoisotopic (exact) mass is 767 g/mol. The van der Waals surface area contributed by atoms with E-state index in [1.165, 1.54) is 74.7 Å². The van der Waals surface area contributed by atoms with Gasteiger partial charge in [0.2, 0.25) is 0 Å². The minimum atomic E-state index is -0.292. The van der Waals surface area contributed by atoms with Gasteiger partial charge in [0.1, 0.15) is 6.10 Å². The largest absolute Gasteiger partial charge is 2.00 e. The van der Waals surface area contributed by atoms with E-state index in [1.807, 2.05) is 34.6 Å². The van der Waals surface area contributed by atoms with E-state index in [2.05, 4.69) is 86.3 Å². The molecular formula is C39H57IO4V. The number of carbonyl (C=O) groups is 2. The minimum Gasteiger partial charge on any atom is -0.633 e. The van der Waals surface area contributed by atoms with E-state index in [9.17, 15) is 9.59 Å². The summed E-state index contributed by atoms with van der Waals surface area (Å²) in [6.07, 6.45) is 12.4. The first-order valence-electron chi connectivity index (χ1n) is 16.3. The van der Waals surface area contributed by atoms with Gasteiger partial charge in [0, 0.05) is 17.6 Å². The van der Waals surface area contributed by atoms with Crippen LogP contribution in [0.1, 0.15) is 122 Å². The molecule has 4 nitrogen and oxygen atoms in total. The van der Waals surface area contributed by atoms with Gasteiger partial charge in [-0.1, -0.05) is 116 Å². The number of hydrogen-bond acceptors (Lipinski definition) is 4. The molecule has 1 radical (unpaired) electrons. The molecule has 2 saturated heterocycles. The molecular weight excluding hydrogens is 710 g/mol. The molecule has 0 bridgehead atoms. The standard InChI is InChI=1S/C19H21.C6H8O2.C5H5O2.C5H10.2C2H6.HI.V/c1-16-10-12-18(13-11-16)19(14-6-3-7-15-19)17-8-4-2-5-9-17;1-4-3-5(2)8-6(4)7;1-4-2-3-7-5(4)6;1-5-3-2-4-5;2*1-2;;/h4-5,8-13H,3,6-7,14-15H2,1H3;5H,1,3H2,2H3;3H,1-2H2;5H,2-4H2,1H3;2*1-2H3;1H;/q-1;;-1;;;;;+2. The topological polar surface area (TPSA) is 52.6 Å².